The first-order valence-corrected chi connectivity index (χ1v) is 6.59. The van der Waals surface area contributed by atoms with E-state index in [1.807, 2.05) is 0 Å². The first kappa shape index (κ1) is 14.7. The van der Waals surface area contributed by atoms with Crippen molar-refractivity contribution in [3.05, 3.63) is 23.8 Å². The molecule has 1 aromatic rings. The predicted molar refractivity (Wildman–Crippen MR) is 58.5 cm³/mol. The van der Waals surface area contributed by atoms with Gasteiger partial charge in [-0.1, -0.05) is 0 Å². The van der Waals surface area contributed by atoms with Crippen molar-refractivity contribution in [1.82, 2.24) is 0 Å². The van der Waals surface area contributed by atoms with Crippen molar-refractivity contribution in [2.24, 2.45) is 0 Å². The van der Waals surface area contributed by atoms with Crippen LogP contribution in [0.1, 0.15) is 12.0 Å². The van der Waals surface area contributed by atoms with E-state index < -0.39 is 44.6 Å². The number of rotatable bonds is 4. The number of halogens is 4. The lowest BCUT2D eigenvalue weighted by Gasteiger charge is -2.11. The Morgan fingerprint density at radius 1 is 1.22 bits per heavy atom. The maximum absolute atomic E-state index is 12.3. The zero-order valence-electron chi connectivity index (χ0n) is 9.17. The molecule has 102 valence electrons. The van der Waals surface area contributed by atoms with Crippen LogP contribution in [0.25, 0.3) is 0 Å². The summed E-state index contributed by atoms with van der Waals surface area (Å²) in [7, 11) is -3.85. The SMILES string of the molecule is Nc1cc(C(F)(F)F)ccc1S(=O)(=O)CCCF. The van der Waals surface area contributed by atoms with Gasteiger partial charge in [0.2, 0.25) is 0 Å². The summed E-state index contributed by atoms with van der Waals surface area (Å²) in [5.74, 6) is -0.487. The molecule has 0 aromatic heterocycles. The summed E-state index contributed by atoms with van der Waals surface area (Å²) in [6.07, 6.45) is -4.81. The topological polar surface area (TPSA) is 60.2 Å². The van der Waals surface area contributed by atoms with Crippen LogP contribution in [0.3, 0.4) is 0 Å². The number of hydrogen-bond donors (Lipinski definition) is 1. The van der Waals surface area contributed by atoms with Crippen molar-refractivity contribution in [2.45, 2.75) is 17.5 Å². The maximum Gasteiger partial charge on any atom is 0.416 e. The van der Waals surface area contributed by atoms with Crippen molar-refractivity contribution >= 4 is 15.5 Å². The maximum atomic E-state index is 12.3. The van der Waals surface area contributed by atoms with Crippen LogP contribution in [0.15, 0.2) is 23.1 Å². The van der Waals surface area contributed by atoms with Gasteiger partial charge >= 0.3 is 6.18 Å². The van der Waals surface area contributed by atoms with Crippen LogP contribution >= 0.6 is 0 Å². The third kappa shape index (κ3) is 3.34. The van der Waals surface area contributed by atoms with E-state index in [2.05, 4.69) is 0 Å². The number of nitrogen functional groups attached to an aromatic ring is 1. The van der Waals surface area contributed by atoms with Gasteiger partial charge in [0.25, 0.3) is 0 Å². The van der Waals surface area contributed by atoms with Crippen molar-refractivity contribution < 1.29 is 26.0 Å². The molecular formula is C10H11F4NO2S. The number of alkyl halides is 4. The number of hydrogen-bond acceptors (Lipinski definition) is 3. The Labute approximate surface area is 102 Å². The van der Waals surface area contributed by atoms with Crippen LogP contribution in [-0.4, -0.2) is 20.8 Å². The first-order chi connectivity index (χ1) is 8.18. The summed E-state index contributed by atoms with van der Waals surface area (Å²) < 4.78 is 72.2. The summed E-state index contributed by atoms with van der Waals surface area (Å²) in [5.41, 5.74) is 3.80. The van der Waals surface area contributed by atoms with Gasteiger partial charge in [-0.25, -0.2) is 8.42 Å². The summed E-state index contributed by atoms with van der Waals surface area (Å²) >= 11 is 0. The molecule has 0 unspecified atom stereocenters. The third-order valence-electron chi connectivity index (χ3n) is 2.22. The minimum Gasteiger partial charge on any atom is -0.398 e. The molecule has 0 heterocycles. The molecule has 8 heteroatoms. The van der Waals surface area contributed by atoms with Gasteiger partial charge in [0.15, 0.2) is 9.84 Å². The van der Waals surface area contributed by atoms with E-state index in [9.17, 15) is 26.0 Å². The molecule has 0 bridgehead atoms. The Morgan fingerprint density at radius 3 is 2.28 bits per heavy atom. The zero-order chi connectivity index (χ0) is 14.0. The third-order valence-corrected chi connectivity index (χ3v) is 4.09. The average molecular weight is 285 g/mol. The molecule has 18 heavy (non-hydrogen) atoms. The smallest absolute Gasteiger partial charge is 0.398 e. The van der Waals surface area contributed by atoms with Gasteiger partial charge < -0.3 is 5.73 Å². The predicted octanol–water partition coefficient (Wildman–Crippen LogP) is 2.42. The summed E-state index contributed by atoms with van der Waals surface area (Å²) in [6.45, 7) is -0.820. The quantitative estimate of drug-likeness (QED) is 0.682. The molecule has 0 saturated heterocycles. The van der Waals surface area contributed by atoms with E-state index in [0.717, 1.165) is 6.07 Å². The highest BCUT2D eigenvalue weighted by Gasteiger charge is 2.31. The van der Waals surface area contributed by atoms with E-state index >= 15 is 0 Å². The van der Waals surface area contributed by atoms with E-state index in [1.54, 1.807) is 0 Å². The molecule has 0 aliphatic carbocycles. The second kappa shape index (κ2) is 5.13. The fraction of sp³-hybridized carbons (Fsp3) is 0.400. The Balaban J connectivity index is 3.14. The van der Waals surface area contributed by atoms with Gasteiger partial charge in [0, 0.05) is 0 Å². The molecule has 0 radical (unpaired) electrons. The van der Waals surface area contributed by atoms with E-state index in [-0.39, 0.29) is 6.42 Å². The Bertz CT molecular complexity index is 525. The van der Waals surface area contributed by atoms with Gasteiger partial charge in [-0.3, -0.25) is 4.39 Å². The Kier molecular flexibility index (Phi) is 4.20. The summed E-state index contributed by atoms with van der Waals surface area (Å²) in [4.78, 5) is -0.399. The van der Waals surface area contributed by atoms with Gasteiger partial charge in [0.1, 0.15) is 0 Å². The van der Waals surface area contributed by atoms with Crippen molar-refractivity contribution in [1.29, 1.82) is 0 Å². The lowest BCUT2D eigenvalue weighted by Crippen LogP contribution is -2.12. The molecule has 0 atom stereocenters. The second-order valence-electron chi connectivity index (χ2n) is 3.61. The fourth-order valence-corrected chi connectivity index (χ4v) is 2.77. The van der Waals surface area contributed by atoms with E-state index in [0.29, 0.717) is 12.1 Å². The molecule has 3 nitrogen and oxygen atoms in total. The molecule has 1 rings (SSSR count). The van der Waals surface area contributed by atoms with Gasteiger partial charge in [0.05, 0.1) is 28.6 Å². The van der Waals surface area contributed by atoms with Crippen LogP contribution in [0.4, 0.5) is 23.2 Å². The van der Waals surface area contributed by atoms with Gasteiger partial charge in [-0.15, -0.1) is 0 Å². The van der Waals surface area contributed by atoms with E-state index in [1.165, 1.54) is 0 Å². The fourth-order valence-electron chi connectivity index (χ4n) is 1.36. The standard InChI is InChI=1S/C10H11F4NO2S/c11-4-1-5-18(16,17)9-3-2-7(6-8(9)15)10(12,13)14/h2-3,6H,1,4-5,15H2. The van der Waals surface area contributed by atoms with Crippen LogP contribution in [0.5, 0.6) is 0 Å². The average Bonchev–Trinajstić information content (AvgIpc) is 2.24. The number of anilines is 1. The monoisotopic (exact) mass is 285 g/mol. The van der Waals surface area contributed by atoms with E-state index in [4.69, 9.17) is 5.73 Å². The Hall–Kier alpha value is -1.31. The molecule has 2 N–H and O–H groups in total. The van der Waals surface area contributed by atoms with Crippen LogP contribution in [-0.2, 0) is 16.0 Å². The minimum absolute atomic E-state index is 0.219. The lowest BCUT2D eigenvalue weighted by molar-refractivity contribution is -0.137. The van der Waals surface area contributed by atoms with Gasteiger partial charge in [-0.2, -0.15) is 13.2 Å². The molecule has 0 spiro atoms. The molecule has 0 fully saturated rings. The minimum atomic E-state index is -4.59. The normalized spacial score (nSPS) is 12.7. The van der Waals surface area contributed by atoms with Gasteiger partial charge in [-0.05, 0) is 24.6 Å². The van der Waals surface area contributed by atoms with Crippen LogP contribution < -0.4 is 5.73 Å². The highest BCUT2D eigenvalue weighted by atomic mass is 32.2. The number of benzene rings is 1. The summed E-state index contributed by atoms with van der Waals surface area (Å²) in [5, 5.41) is 0. The molecule has 0 amide bonds. The van der Waals surface area contributed by atoms with Crippen molar-refractivity contribution in [2.75, 3.05) is 18.2 Å². The number of nitrogens with two attached hydrogens (primary N) is 1. The molecular weight excluding hydrogens is 274 g/mol. The van der Waals surface area contributed by atoms with Crippen LogP contribution in [0.2, 0.25) is 0 Å². The molecule has 0 saturated carbocycles. The molecule has 0 aliphatic heterocycles. The molecule has 0 aliphatic rings. The van der Waals surface area contributed by atoms with Crippen molar-refractivity contribution in [3.8, 4) is 0 Å². The Morgan fingerprint density at radius 2 is 1.83 bits per heavy atom. The summed E-state index contributed by atoms with van der Waals surface area (Å²) in [6, 6.07) is 1.99. The second-order valence-corrected chi connectivity index (χ2v) is 5.69. The lowest BCUT2D eigenvalue weighted by atomic mass is 10.2. The highest BCUT2D eigenvalue weighted by Crippen LogP contribution is 2.32. The van der Waals surface area contributed by atoms with Crippen molar-refractivity contribution in [3.63, 3.8) is 0 Å². The highest BCUT2D eigenvalue weighted by molar-refractivity contribution is 7.91. The zero-order valence-corrected chi connectivity index (χ0v) is 9.98. The number of sulfone groups is 1. The first-order valence-electron chi connectivity index (χ1n) is 4.94. The largest absolute Gasteiger partial charge is 0.416 e. The molecule has 1 aromatic carbocycles. The van der Waals surface area contributed by atoms with Crippen LogP contribution in [0, 0.1) is 0 Å².